The lowest BCUT2D eigenvalue weighted by Gasteiger charge is -2.34. The average molecular weight is 318 g/mol. The van der Waals surface area contributed by atoms with E-state index in [1.807, 2.05) is 24.5 Å². The Bertz CT molecular complexity index is 709. The van der Waals surface area contributed by atoms with Gasteiger partial charge in [0.15, 0.2) is 5.82 Å². The summed E-state index contributed by atoms with van der Waals surface area (Å²) >= 11 is 1.55. The van der Waals surface area contributed by atoms with E-state index in [-0.39, 0.29) is 5.91 Å². The number of anilines is 1. The Hall–Kier alpha value is -1.86. The van der Waals surface area contributed by atoms with Gasteiger partial charge >= 0.3 is 0 Å². The predicted molar refractivity (Wildman–Crippen MR) is 85.5 cm³/mol. The number of nitrogens with zero attached hydrogens (tertiary/aromatic N) is 2. The second-order valence-corrected chi connectivity index (χ2v) is 6.38. The van der Waals surface area contributed by atoms with E-state index in [0.29, 0.717) is 11.7 Å². The molecule has 1 fully saturated rings. The van der Waals surface area contributed by atoms with Crippen LogP contribution in [0.1, 0.15) is 32.0 Å². The molecule has 1 aromatic carbocycles. The van der Waals surface area contributed by atoms with Crippen LogP contribution < -0.4 is 11.1 Å². The van der Waals surface area contributed by atoms with E-state index >= 15 is 0 Å². The van der Waals surface area contributed by atoms with Gasteiger partial charge in [0.05, 0.1) is 11.2 Å². The Morgan fingerprint density at radius 2 is 2.23 bits per heavy atom. The second-order valence-electron chi connectivity index (χ2n) is 5.53. The van der Waals surface area contributed by atoms with Crippen molar-refractivity contribution >= 4 is 23.4 Å². The number of rotatable bonds is 4. The second kappa shape index (κ2) is 5.73. The van der Waals surface area contributed by atoms with Crippen LogP contribution in [0, 0.1) is 0 Å². The van der Waals surface area contributed by atoms with E-state index in [0.717, 1.165) is 35.4 Å². The van der Waals surface area contributed by atoms with Crippen molar-refractivity contribution in [2.75, 3.05) is 11.6 Å². The summed E-state index contributed by atoms with van der Waals surface area (Å²) in [5, 5.41) is 6.83. The molecule has 1 heterocycles. The van der Waals surface area contributed by atoms with Crippen molar-refractivity contribution in [1.82, 2.24) is 10.1 Å². The van der Waals surface area contributed by atoms with E-state index in [2.05, 4.69) is 15.5 Å². The van der Waals surface area contributed by atoms with Crippen LogP contribution in [0.2, 0.25) is 0 Å². The van der Waals surface area contributed by atoms with Gasteiger partial charge in [0, 0.05) is 17.4 Å². The highest BCUT2D eigenvalue weighted by atomic mass is 32.2. The predicted octanol–water partition coefficient (Wildman–Crippen LogP) is 2.75. The molecule has 3 rings (SSSR count). The lowest BCUT2D eigenvalue weighted by atomic mass is 9.77. The van der Waals surface area contributed by atoms with Crippen LogP contribution in [0.15, 0.2) is 27.6 Å². The normalized spacial score (nSPS) is 16.1. The van der Waals surface area contributed by atoms with E-state index in [4.69, 9.17) is 10.3 Å². The first kappa shape index (κ1) is 15.1. The van der Waals surface area contributed by atoms with E-state index in [1.165, 1.54) is 6.92 Å². The number of nitrogens with one attached hydrogen (secondary N) is 1. The molecular weight excluding hydrogens is 300 g/mol. The van der Waals surface area contributed by atoms with Crippen LogP contribution in [0.4, 0.5) is 5.69 Å². The van der Waals surface area contributed by atoms with Gasteiger partial charge in [-0.2, -0.15) is 4.98 Å². The third-order valence-corrected chi connectivity index (χ3v) is 4.65. The number of carbonyl (C=O) groups is 1. The minimum Gasteiger partial charge on any atom is -0.334 e. The number of nitrogens with two attached hydrogens (primary N) is 1. The quantitative estimate of drug-likeness (QED) is 0.842. The Kier molecular flexibility index (Phi) is 3.92. The van der Waals surface area contributed by atoms with Crippen LogP contribution in [0.5, 0.6) is 0 Å². The van der Waals surface area contributed by atoms with Gasteiger partial charge in [-0.15, -0.1) is 11.8 Å². The molecule has 0 unspecified atom stereocenters. The number of thioether (sulfide) groups is 1. The van der Waals surface area contributed by atoms with Crippen LogP contribution in [-0.2, 0) is 10.3 Å². The fourth-order valence-corrected chi connectivity index (χ4v) is 3.03. The van der Waals surface area contributed by atoms with Crippen molar-refractivity contribution in [3.8, 4) is 11.5 Å². The summed E-state index contributed by atoms with van der Waals surface area (Å²) in [5.41, 5.74) is 7.38. The number of carbonyl (C=O) groups excluding carboxylic acids is 1. The van der Waals surface area contributed by atoms with Crippen molar-refractivity contribution in [1.29, 1.82) is 0 Å². The molecule has 7 heteroatoms. The Labute approximate surface area is 132 Å². The maximum atomic E-state index is 11.2. The van der Waals surface area contributed by atoms with Crippen LogP contribution in [-0.4, -0.2) is 22.3 Å². The van der Waals surface area contributed by atoms with E-state index in [9.17, 15) is 4.79 Å². The number of amides is 1. The third kappa shape index (κ3) is 2.74. The summed E-state index contributed by atoms with van der Waals surface area (Å²) in [5.74, 6) is 0.931. The average Bonchev–Trinajstić information content (AvgIpc) is 2.94. The van der Waals surface area contributed by atoms with E-state index in [1.54, 1.807) is 11.8 Å². The fraction of sp³-hybridized carbons (Fsp3) is 0.400. The number of benzene rings is 1. The van der Waals surface area contributed by atoms with Crippen molar-refractivity contribution in [2.24, 2.45) is 5.73 Å². The molecule has 0 atom stereocenters. The Morgan fingerprint density at radius 3 is 2.82 bits per heavy atom. The molecule has 22 heavy (non-hydrogen) atoms. The summed E-state index contributed by atoms with van der Waals surface area (Å²) < 4.78 is 5.36. The molecule has 2 aromatic rings. The van der Waals surface area contributed by atoms with Gasteiger partial charge in [0.2, 0.25) is 5.91 Å². The smallest absolute Gasteiger partial charge is 0.258 e. The Balaban J connectivity index is 1.90. The highest BCUT2D eigenvalue weighted by Gasteiger charge is 2.39. The maximum absolute atomic E-state index is 11.2. The molecular formula is C15H18N4O2S. The van der Waals surface area contributed by atoms with Crippen molar-refractivity contribution < 1.29 is 9.32 Å². The zero-order chi connectivity index (χ0) is 15.7. The number of hydrogen-bond acceptors (Lipinski definition) is 6. The molecule has 116 valence electrons. The number of aromatic nitrogens is 2. The topological polar surface area (TPSA) is 94.0 Å². The third-order valence-electron chi connectivity index (χ3n) is 3.88. The zero-order valence-electron chi connectivity index (χ0n) is 12.5. The molecule has 0 radical (unpaired) electrons. The molecule has 1 amide bonds. The first-order valence-corrected chi connectivity index (χ1v) is 8.33. The van der Waals surface area contributed by atoms with Gasteiger partial charge in [-0.05, 0) is 43.7 Å². The monoisotopic (exact) mass is 318 g/mol. The molecule has 0 bridgehead atoms. The van der Waals surface area contributed by atoms with Crippen LogP contribution >= 0.6 is 11.8 Å². The van der Waals surface area contributed by atoms with Crippen LogP contribution in [0.3, 0.4) is 0 Å². The summed E-state index contributed by atoms with van der Waals surface area (Å²) in [6.07, 6.45) is 4.84. The largest absolute Gasteiger partial charge is 0.334 e. The van der Waals surface area contributed by atoms with Gasteiger partial charge < -0.3 is 15.6 Å². The fourth-order valence-electron chi connectivity index (χ4n) is 2.44. The highest BCUT2D eigenvalue weighted by Crippen LogP contribution is 2.38. The standard InChI is InChI=1S/C15H18N4O2S/c1-9(20)17-11-5-4-10(8-12(11)22-2)13-18-14(19-21-13)15(16)6-3-7-15/h4-5,8H,3,6-7,16H2,1-2H3,(H,17,20). The summed E-state index contributed by atoms with van der Waals surface area (Å²) in [7, 11) is 0. The van der Waals surface area contributed by atoms with Gasteiger partial charge in [0.25, 0.3) is 5.89 Å². The van der Waals surface area contributed by atoms with Crippen LogP contribution in [0.25, 0.3) is 11.5 Å². The van der Waals surface area contributed by atoms with E-state index < -0.39 is 5.54 Å². The molecule has 6 nitrogen and oxygen atoms in total. The minimum absolute atomic E-state index is 0.0989. The Morgan fingerprint density at radius 1 is 1.45 bits per heavy atom. The molecule has 1 aliphatic carbocycles. The lowest BCUT2D eigenvalue weighted by molar-refractivity contribution is -0.114. The molecule has 0 aliphatic heterocycles. The van der Waals surface area contributed by atoms with Gasteiger partial charge in [-0.25, -0.2) is 0 Å². The van der Waals surface area contributed by atoms with Gasteiger partial charge in [-0.1, -0.05) is 5.16 Å². The van der Waals surface area contributed by atoms with Crippen molar-refractivity contribution in [2.45, 2.75) is 36.6 Å². The van der Waals surface area contributed by atoms with Crippen molar-refractivity contribution in [3.05, 3.63) is 24.0 Å². The lowest BCUT2D eigenvalue weighted by Crippen LogP contribution is -2.44. The summed E-state index contributed by atoms with van der Waals surface area (Å²) in [6, 6.07) is 5.62. The SMILES string of the molecule is CSc1cc(-c2nc(C3(N)CCC3)no2)ccc1NC(C)=O. The van der Waals surface area contributed by atoms with Crippen molar-refractivity contribution in [3.63, 3.8) is 0 Å². The molecule has 1 aliphatic rings. The van der Waals surface area contributed by atoms with Gasteiger partial charge in [0.1, 0.15) is 0 Å². The minimum atomic E-state index is -0.430. The first-order valence-electron chi connectivity index (χ1n) is 7.11. The molecule has 1 aromatic heterocycles. The zero-order valence-corrected chi connectivity index (χ0v) is 13.4. The summed E-state index contributed by atoms with van der Waals surface area (Å²) in [6.45, 7) is 1.49. The molecule has 3 N–H and O–H groups in total. The first-order chi connectivity index (χ1) is 10.5. The summed E-state index contributed by atoms with van der Waals surface area (Å²) in [4.78, 5) is 16.6. The maximum Gasteiger partial charge on any atom is 0.258 e. The molecule has 1 saturated carbocycles. The molecule has 0 spiro atoms. The highest BCUT2D eigenvalue weighted by molar-refractivity contribution is 7.98. The van der Waals surface area contributed by atoms with Gasteiger partial charge in [-0.3, -0.25) is 4.79 Å². The number of hydrogen-bond donors (Lipinski definition) is 2. The molecule has 0 saturated heterocycles.